The van der Waals surface area contributed by atoms with Crippen LogP contribution in [0.15, 0.2) is 18.2 Å². The van der Waals surface area contributed by atoms with Gasteiger partial charge in [0.25, 0.3) is 0 Å². The molecule has 17 heavy (non-hydrogen) atoms. The zero-order chi connectivity index (χ0) is 12.4. The van der Waals surface area contributed by atoms with E-state index in [1.165, 1.54) is 11.1 Å². The summed E-state index contributed by atoms with van der Waals surface area (Å²) in [6.07, 6.45) is 3.13. The van der Waals surface area contributed by atoms with Crippen molar-refractivity contribution in [3.05, 3.63) is 29.3 Å². The minimum atomic E-state index is -0.234. The average molecular weight is 234 g/mol. The van der Waals surface area contributed by atoms with E-state index in [4.69, 9.17) is 4.74 Å². The third-order valence-electron chi connectivity index (χ3n) is 3.81. The van der Waals surface area contributed by atoms with Crippen LogP contribution in [-0.2, 0) is 6.42 Å². The number of hydrogen-bond donors (Lipinski definition) is 1. The Bertz CT molecular complexity index is 385. The first-order valence-electron chi connectivity index (χ1n) is 6.48. The molecule has 1 N–H and O–H groups in total. The molecule has 2 unspecified atom stereocenters. The molecule has 2 rings (SSSR count). The number of rotatable bonds is 3. The second-order valence-corrected chi connectivity index (χ2v) is 5.30. The van der Waals surface area contributed by atoms with Crippen LogP contribution in [0.3, 0.4) is 0 Å². The van der Waals surface area contributed by atoms with Gasteiger partial charge in [-0.3, -0.25) is 0 Å². The fraction of sp³-hybridized carbons (Fsp3) is 0.600. The van der Waals surface area contributed by atoms with Crippen LogP contribution in [-0.4, -0.2) is 18.3 Å². The topological polar surface area (TPSA) is 29.5 Å². The Kier molecular flexibility index (Phi) is 3.72. The molecule has 0 heterocycles. The van der Waals surface area contributed by atoms with Gasteiger partial charge in [-0.1, -0.05) is 19.9 Å². The lowest BCUT2D eigenvalue weighted by molar-refractivity contribution is 0.0892. The summed E-state index contributed by atoms with van der Waals surface area (Å²) in [6.45, 7) is 4.17. The largest absolute Gasteiger partial charge is 0.497 e. The summed E-state index contributed by atoms with van der Waals surface area (Å²) in [5.74, 6) is 1.53. The Hall–Kier alpha value is -1.02. The van der Waals surface area contributed by atoms with Gasteiger partial charge in [0, 0.05) is 5.92 Å². The van der Waals surface area contributed by atoms with Crippen LogP contribution in [0.5, 0.6) is 5.75 Å². The molecular formula is C15H22O2. The molecule has 0 amide bonds. The molecule has 0 saturated heterocycles. The minimum absolute atomic E-state index is 0.234. The third-order valence-corrected chi connectivity index (χ3v) is 3.81. The molecule has 1 aliphatic rings. The van der Waals surface area contributed by atoms with Crippen LogP contribution in [0.4, 0.5) is 0 Å². The quantitative estimate of drug-likeness (QED) is 0.870. The van der Waals surface area contributed by atoms with Crippen LogP contribution >= 0.6 is 0 Å². The van der Waals surface area contributed by atoms with Gasteiger partial charge in [0.05, 0.1) is 13.2 Å². The number of aliphatic hydroxyl groups is 1. The highest BCUT2D eigenvalue weighted by Gasteiger charge is 2.28. The van der Waals surface area contributed by atoms with Crippen molar-refractivity contribution in [3.63, 3.8) is 0 Å². The molecule has 0 aliphatic heterocycles. The van der Waals surface area contributed by atoms with Gasteiger partial charge in [-0.25, -0.2) is 0 Å². The van der Waals surface area contributed by atoms with Gasteiger partial charge in [-0.05, 0) is 48.4 Å². The van der Waals surface area contributed by atoms with Crippen molar-refractivity contribution in [3.8, 4) is 5.75 Å². The van der Waals surface area contributed by atoms with Crippen molar-refractivity contribution in [2.45, 2.75) is 45.1 Å². The van der Waals surface area contributed by atoms with Gasteiger partial charge in [-0.2, -0.15) is 0 Å². The first-order chi connectivity index (χ1) is 8.13. The molecule has 1 aromatic rings. The molecule has 1 aromatic carbocycles. The smallest absolute Gasteiger partial charge is 0.119 e. The highest BCUT2D eigenvalue weighted by Crippen LogP contribution is 2.37. The van der Waals surface area contributed by atoms with Crippen molar-refractivity contribution in [1.29, 1.82) is 0 Å². The van der Waals surface area contributed by atoms with Gasteiger partial charge in [0.15, 0.2) is 0 Å². The van der Waals surface area contributed by atoms with Crippen molar-refractivity contribution in [2.24, 2.45) is 5.92 Å². The molecule has 0 spiro atoms. The Morgan fingerprint density at radius 3 is 2.76 bits per heavy atom. The fourth-order valence-corrected chi connectivity index (χ4v) is 2.77. The van der Waals surface area contributed by atoms with Crippen LogP contribution in [0, 0.1) is 5.92 Å². The molecular weight excluding hydrogens is 212 g/mol. The summed E-state index contributed by atoms with van der Waals surface area (Å²) in [6, 6.07) is 6.25. The maximum absolute atomic E-state index is 10.3. The first kappa shape index (κ1) is 12.4. The van der Waals surface area contributed by atoms with E-state index in [2.05, 4.69) is 26.0 Å². The maximum Gasteiger partial charge on any atom is 0.119 e. The Morgan fingerprint density at radius 2 is 2.12 bits per heavy atom. The number of aliphatic hydroxyl groups excluding tert-OH is 1. The van der Waals surface area contributed by atoms with Crippen molar-refractivity contribution >= 4 is 0 Å². The molecule has 0 aromatic heterocycles. The van der Waals surface area contributed by atoms with Crippen molar-refractivity contribution in [2.75, 3.05) is 7.11 Å². The van der Waals surface area contributed by atoms with E-state index >= 15 is 0 Å². The van der Waals surface area contributed by atoms with E-state index in [1.54, 1.807) is 7.11 Å². The minimum Gasteiger partial charge on any atom is -0.497 e. The summed E-state index contributed by atoms with van der Waals surface area (Å²) in [4.78, 5) is 0. The molecule has 94 valence electrons. The van der Waals surface area contributed by atoms with E-state index < -0.39 is 0 Å². The number of ether oxygens (including phenoxy) is 1. The number of methoxy groups -OCH3 is 1. The Balaban J connectivity index is 2.31. The van der Waals surface area contributed by atoms with Crippen molar-refractivity contribution < 1.29 is 9.84 Å². The number of fused-ring (bicyclic) bond motifs is 1. The van der Waals surface area contributed by atoms with E-state index in [0.29, 0.717) is 11.8 Å². The summed E-state index contributed by atoms with van der Waals surface area (Å²) in [5, 5.41) is 10.3. The highest BCUT2D eigenvalue weighted by atomic mass is 16.5. The van der Waals surface area contributed by atoms with Gasteiger partial charge in [0.1, 0.15) is 5.75 Å². The zero-order valence-electron chi connectivity index (χ0n) is 10.9. The molecule has 2 nitrogen and oxygen atoms in total. The maximum atomic E-state index is 10.3. The van der Waals surface area contributed by atoms with E-state index in [-0.39, 0.29) is 6.10 Å². The van der Waals surface area contributed by atoms with Crippen LogP contribution in [0.25, 0.3) is 0 Å². The Labute approximate surface area is 104 Å². The molecule has 0 fully saturated rings. The monoisotopic (exact) mass is 234 g/mol. The number of aryl methyl sites for hydroxylation is 1. The van der Waals surface area contributed by atoms with Gasteiger partial charge in [-0.15, -0.1) is 0 Å². The standard InChI is InChI=1S/C15H22O2/c1-10(2)15(16)14-6-4-5-11-9-12(17-3)7-8-13(11)14/h7-10,14-16H,4-6H2,1-3H3. The first-order valence-corrected chi connectivity index (χ1v) is 6.48. The van der Waals surface area contributed by atoms with Gasteiger partial charge in [0.2, 0.25) is 0 Å². The second kappa shape index (κ2) is 5.09. The molecule has 0 radical (unpaired) electrons. The Morgan fingerprint density at radius 1 is 1.35 bits per heavy atom. The molecule has 1 aliphatic carbocycles. The lowest BCUT2D eigenvalue weighted by Crippen LogP contribution is -2.27. The van der Waals surface area contributed by atoms with Crippen LogP contribution < -0.4 is 4.74 Å². The summed E-state index contributed by atoms with van der Waals surface area (Å²) in [5.41, 5.74) is 2.67. The second-order valence-electron chi connectivity index (χ2n) is 5.30. The predicted octanol–water partition coefficient (Wildman–Crippen LogP) is 3.13. The predicted molar refractivity (Wildman–Crippen MR) is 69.5 cm³/mol. The summed E-state index contributed by atoms with van der Waals surface area (Å²) in [7, 11) is 1.70. The van der Waals surface area contributed by atoms with E-state index in [9.17, 15) is 5.11 Å². The fourth-order valence-electron chi connectivity index (χ4n) is 2.77. The van der Waals surface area contributed by atoms with E-state index in [0.717, 1.165) is 25.0 Å². The summed E-state index contributed by atoms with van der Waals surface area (Å²) < 4.78 is 5.26. The number of hydrogen-bond acceptors (Lipinski definition) is 2. The van der Waals surface area contributed by atoms with E-state index in [1.807, 2.05) is 6.07 Å². The molecule has 0 saturated carbocycles. The normalized spacial score (nSPS) is 21.1. The van der Waals surface area contributed by atoms with Gasteiger partial charge < -0.3 is 9.84 Å². The summed E-state index contributed by atoms with van der Waals surface area (Å²) >= 11 is 0. The zero-order valence-corrected chi connectivity index (χ0v) is 10.9. The molecule has 0 bridgehead atoms. The SMILES string of the molecule is COc1ccc2c(c1)CCCC2C(O)C(C)C. The lowest BCUT2D eigenvalue weighted by Gasteiger charge is -2.31. The average Bonchev–Trinajstić information content (AvgIpc) is 2.36. The van der Waals surface area contributed by atoms with Crippen LogP contribution in [0.2, 0.25) is 0 Å². The lowest BCUT2D eigenvalue weighted by atomic mass is 9.77. The molecule has 2 heteroatoms. The third kappa shape index (κ3) is 2.47. The molecule has 2 atom stereocenters. The van der Waals surface area contributed by atoms with Crippen molar-refractivity contribution in [1.82, 2.24) is 0 Å². The van der Waals surface area contributed by atoms with Gasteiger partial charge >= 0.3 is 0 Å². The van der Waals surface area contributed by atoms with Crippen LogP contribution in [0.1, 0.15) is 43.7 Å². The highest BCUT2D eigenvalue weighted by molar-refractivity contribution is 5.39. The number of benzene rings is 1.